The van der Waals surface area contributed by atoms with Crippen LogP contribution in [0.2, 0.25) is 0 Å². The molecule has 1 aromatic carbocycles. The molecule has 0 amide bonds. The molecular weight excluding hydrogens is 342 g/mol. The number of benzene rings is 1. The van der Waals surface area contributed by atoms with E-state index in [9.17, 15) is 18.0 Å². The van der Waals surface area contributed by atoms with Crippen LogP contribution in [0.4, 0.5) is 5.69 Å². The lowest BCUT2D eigenvalue weighted by Crippen LogP contribution is -2.38. The number of carbonyl (C=O) groups excluding carboxylic acids is 2. The molecule has 1 aromatic rings. The van der Waals surface area contributed by atoms with Gasteiger partial charge in [0, 0.05) is 5.69 Å². The van der Waals surface area contributed by atoms with E-state index in [-0.39, 0.29) is 29.5 Å². The number of hydrogen-bond acceptors (Lipinski definition) is 8. The fourth-order valence-corrected chi connectivity index (χ4v) is 2.63. The zero-order chi connectivity index (χ0) is 17.9. The van der Waals surface area contributed by atoms with Gasteiger partial charge in [-0.2, -0.15) is 8.42 Å². The summed E-state index contributed by atoms with van der Waals surface area (Å²) in [5.74, 6) is -1.51. The van der Waals surface area contributed by atoms with Gasteiger partial charge in [-0.15, -0.1) is 0 Å². The SMILES string of the molecule is COC(=O)C1=C(C(=O)OC)N(c2ccc(S(=O)(=O)O)cc2)COC1. The topological polar surface area (TPSA) is 119 Å². The highest BCUT2D eigenvalue weighted by molar-refractivity contribution is 7.85. The first kappa shape index (κ1) is 17.9. The van der Waals surface area contributed by atoms with E-state index in [1.54, 1.807) is 0 Å². The summed E-state index contributed by atoms with van der Waals surface area (Å²) in [6.45, 7) is -0.188. The first-order valence-electron chi connectivity index (χ1n) is 6.62. The average molecular weight is 357 g/mol. The van der Waals surface area contributed by atoms with Crippen LogP contribution in [0.5, 0.6) is 0 Å². The summed E-state index contributed by atoms with van der Waals surface area (Å²) in [7, 11) is -2.00. The quantitative estimate of drug-likeness (QED) is 0.600. The van der Waals surface area contributed by atoms with E-state index >= 15 is 0 Å². The molecule has 2 rings (SSSR count). The Morgan fingerprint density at radius 2 is 1.71 bits per heavy atom. The van der Waals surface area contributed by atoms with Crippen LogP contribution in [0.3, 0.4) is 0 Å². The third-order valence-corrected chi connectivity index (χ3v) is 4.15. The van der Waals surface area contributed by atoms with E-state index in [0.717, 1.165) is 12.1 Å². The van der Waals surface area contributed by atoms with Gasteiger partial charge >= 0.3 is 11.9 Å². The Balaban J connectivity index is 2.50. The molecular formula is C14H15NO8S. The van der Waals surface area contributed by atoms with Crippen molar-refractivity contribution in [3.8, 4) is 0 Å². The van der Waals surface area contributed by atoms with Gasteiger partial charge in [-0.3, -0.25) is 4.55 Å². The minimum atomic E-state index is -4.34. The molecule has 130 valence electrons. The van der Waals surface area contributed by atoms with E-state index in [1.165, 1.54) is 31.3 Å². The smallest absolute Gasteiger partial charge is 0.355 e. The summed E-state index contributed by atoms with van der Waals surface area (Å²) in [6, 6.07) is 5.03. The molecule has 1 aliphatic rings. The molecule has 0 radical (unpaired) electrons. The summed E-state index contributed by atoms with van der Waals surface area (Å²) in [6.07, 6.45) is 0. The second kappa shape index (κ2) is 6.99. The van der Waals surface area contributed by atoms with Crippen molar-refractivity contribution in [2.24, 2.45) is 0 Å². The van der Waals surface area contributed by atoms with Gasteiger partial charge in [0.15, 0.2) is 0 Å². The molecule has 0 atom stereocenters. The Morgan fingerprint density at radius 1 is 1.12 bits per heavy atom. The Hall–Kier alpha value is -2.43. The number of carbonyl (C=O) groups is 2. The number of methoxy groups -OCH3 is 2. The maximum Gasteiger partial charge on any atom is 0.355 e. The summed E-state index contributed by atoms with van der Waals surface area (Å²) in [5.41, 5.74) is 0.286. The van der Waals surface area contributed by atoms with E-state index < -0.39 is 22.1 Å². The summed E-state index contributed by atoms with van der Waals surface area (Å²) >= 11 is 0. The average Bonchev–Trinajstić information content (AvgIpc) is 2.59. The van der Waals surface area contributed by atoms with Gasteiger partial charge in [0.1, 0.15) is 12.4 Å². The summed E-state index contributed by atoms with van der Waals surface area (Å²) < 4.78 is 45.8. The van der Waals surface area contributed by atoms with Gasteiger partial charge < -0.3 is 19.1 Å². The monoisotopic (exact) mass is 357 g/mol. The molecule has 1 heterocycles. The maximum atomic E-state index is 12.1. The van der Waals surface area contributed by atoms with Crippen LogP contribution in [0.25, 0.3) is 0 Å². The molecule has 1 N–H and O–H groups in total. The van der Waals surface area contributed by atoms with Crippen molar-refractivity contribution in [1.29, 1.82) is 0 Å². The van der Waals surface area contributed by atoms with Crippen LogP contribution >= 0.6 is 0 Å². The van der Waals surface area contributed by atoms with Crippen LogP contribution in [0.1, 0.15) is 0 Å². The van der Waals surface area contributed by atoms with Crippen molar-refractivity contribution < 1.29 is 36.8 Å². The van der Waals surface area contributed by atoms with Crippen molar-refractivity contribution in [3.05, 3.63) is 35.5 Å². The highest BCUT2D eigenvalue weighted by atomic mass is 32.2. The van der Waals surface area contributed by atoms with Gasteiger partial charge in [0.2, 0.25) is 0 Å². The largest absolute Gasteiger partial charge is 0.466 e. The number of esters is 2. The fraction of sp³-hybridized carbons (Fsp3) is 0.286. The molecule has 10 heteroatoms. The highest BCUT2D eigenvalue weighted by Crippen LogP contribution is 2.27. The molecule has 9 nitrogen and oxygen atoms in total. The Kier molecular flexibility index (Phi) is 5.22. The second-order valence-electron chi connectivity index (χ2n) is 4.68. The zero-order valence-electron chi connectivity index (χ0n) is 12.9. The molecule has 0 aromatic heterocycles. The predicted octanol–water partition coefficient (Wildman–Crippen LogP) is 0.327. The van der Waals surface area contributed by atoms with Crippen LogP contribution in [0.15, 0.2) is 40.4 Å². The maximum absolute atomic E-state index is 12.1. The van der Waals surface area contributed by atoms with Crippen molar-refractivity contribution in [3.63, 3.8) is 0 Å². The second-order valence-corrected chi connectivity index (χ2v) is 6.11. The minimum absolute atomic E-state index is 0.0190. The van der Waals surface area contributed by atoms with Gasteiger partial charge in [-0.05, 0) is 24.3 Å². The van der Waals surface area contributed by atoms with Gasteiger partial charge in [0.05, 0.1) is 31.3 Å². The van der Waals surface area contributed by atoms with Crippen molar-refractivity contribution >= 4 is 27.7 Å². The van der Waals surface area contributed by atoms with E-state index in [1.807, 2.05) is 0 Å². The Bertz CT molecular complexity index is 781. The molecule has 0 aliphatic carbocycles. The molecule has 0 fully saturated rings. The Labute approximate surface area is 138 Å². The molecule has 0 unspecified atom stereocenters. The first-order chi connectivity index (χ1) is 11.3. The predicted molar refractivity (Wildman–Crippen MR) is 80.6 cm³/mol. The molecule has 0 saturated heterocycles. The third kappa shape index (κ3) is 3.55. The summed E-state index contributed by atoms with van der Waals surface area (Å²) in [5, 5.41) is 0. The number of hydrogen-bond donors (Lipinski definition) is 1. The molecule has 24 heavy (non-hydrogen) atoms. The van der Waals surface area contributed by atoms with Gasteiger partial charge in [0.25, 0.3) is 10.1 Å². The number of nitrogens with zero attached hydrogens (tertiary/aromatic N) is 1. The first-order valence-corrected chi connectivity index (χ1v) is 8.06. The lowest BCUT2D eigenvalue weighted by molar-refractivity contribution is -0.140. The van der Waals surface area contributed by atoms with Crippen molar-refractivity contribution in [1.82, 2.24) is 0 Å². The van der Waals surface area contributed by atoms with E-state index in [4.69, 9.17) is 14.0 Å². The lowest BCUT2D eigenvalue weighted by atomic mass is 10.1. The van der Waals surface area contributed by atoms with Crippen LogP contribution < -0.4 is 4.90 Å². The molecule has 0 bridgehead atoms. The Morgan fingerprint density at radius 3 is 2.21 bits per heavy atom. The number of anilines is 1. The normalized spacial score (nSPS) is 15.2. The molecule has 1 aliphatic heterocycles. The van der Waals surface area contributed by atoms with E-state index in [0.29, 0.717) is 5.69 Å². The zero-order valence-corrected chi connectivity index (χ0v) is 13.7. The van der Waals surface area contributed by atoms with Crippen molar-refractivity contribution in [2.75, 3.05) is 32.5 Å². The number of rotatable bonds is 4. The molecule has 0 saturated carbocycles. The van der Waals surface area contributed by atoms with Gasteiger partial charge in [-0.1, -0.05) is 0 Å². The molecule has 0 spiro atoms. The van der Waals surface area contributed by atoms with Gasteiger partial charge in [-0.25, -0.2) is 9.59 Å². The van der Waals surface area contributed by atoms with Crippen LogP contribution in [0, 0.1) is 0 Å². The third-order valence-electron chi connectivity index (χ3n) is 3.28. The fourth-order valence-electron chi connectivity index (χ4n) is 2.15. The summed E-state index contributed by atoms with van der Waals surface area (Å²) in [4.78, 5) is 25.0. The van der Waals surface area contributed by atoms with Crippen LogP contribution in [-0.4, -0.2) is 52.5 Å². The minimum Gasteiger partial charge on any atom is -0.466 e. The standard InChI is InChI=1S/C14H15NO8S/c1-21-13(16)11-7-23-8-15(12(11)14(17)22-2)9-3-5-10(6-4-9)24(18,19)20/h3-6H,7-8H2,1-2H3,(H,18,19,20). The highest BCUT2D eigenvalue weighted by Gasteiger charge is 2.32. The lowest BCUT2D eigenvalue weighted by Gasteiger charge is -2.31. The van der Waals surface area contributed by atoms with Crippen LogP contribution in [-0.2, 0) is 33.9 Å². The number of ether oxygens (including phenoxy) is 3. The van der Waals surface area contributed by atoms with Crippen molar-refractivity contribution in [2.45, 2.75) is 4.90 Å². The van der Waals surface area contributed by atoms with E-state index in [2.05, 4.69) is 4.74 Å².